The average Bonchev–Trinajstić information content (AvgIpc) is 2.01. The summed E-state index contributed by atoms with van der Waals surface area (Å²) in [6.45, 7) is -3.08. The predicted octanol–water partition coefficient (Wildman–Crippen LogP) is 0.107. The van der Waals surface area contributed by atoms with E-state index in [4.69, 9.17) is 10.0 Å². The molecule has 0 unspecified atom stereocenters. The summed E-state index contributed by atoms with van der Waals surface area (Å²) in [6.07, 6.45) is 0. The van der Waals surface area contributed by atoms with Crippen molar-refractivity contribution in [3.63, 3.8) is 0 Å². The second kappa shape index (κ2) is 4.34. The lowest BCUT2D eigenvalue weighted by atomic mass is 9.80. The molecule has 0 aromatic heterocycles. The number of hydrogen-bond acceptors (Lipinski definition) is 3. The van der Waals surface area contributed by atoms with Crippen molar-refractivity contribution in [2.45, 2.75) is 6.61 Å². The Morgan fingerprint density at radius 2 is 1.86 bits per heavy atom. The molecular formula is C7H6BF3O3. The van der Waals surface area contributed by atoms with E-state index in [2.05, 4.69) is 4.74 Å². The molecule has 0 saturated carbocycles. The van der Waals surface area contributed by atoms with Crippen molar-refractivity contribution in [2.24, 2.45) is 0 Å². The Balaban J connectivity index is 2.95. The van der Waals surface area contributed by atoms with Crippen LogP contribution < -0.4 is 10.2 Å². The zero-order valence-electron chi connectivity index (χ0n) is 6.82. The molecule has 76 valence electrons. The zero-order valence-corrected chi connectivity index (χ0v) is 6.82. The molecule has 0 amide bonds. The summed E-state index contributed by atoms with van der Waals surface area (Å²) in [6, 6.07) is 2.45. The fourth-order valence-corrected chi connectivity index (χ4v) is 0.904. The molecule has 7 heteroatoms. The van der Waals surface area contributed by atoms with E-state index in [-0.39, 0.29) is 5.46 Å². The lowest BCUT2D eigenvalue weighted by Crippen LogP contribution is -2.30. The molecular weight excluding hydrogens is 200 g/mol. The maximum absolute atomic E-state index is 12.7. The monoisotopic (exact) mass is 206 g/mol. The van der Waals surface area contributed by atoms with Gasteiger partial charge in [-0.3, -0.25) is 0 Å². The van der Waals surface area contributed by atoms with E-state index in [1.165, 1.54) is 0 Å². The highest BCUT2D eigenvalue weighted by atomic mass is 19.3. The molecule has 0 atom stereocenters. The molecule has 3 nitrogen and oxygen atoms in total. The van der Waals surface area contributed by atoms with Gasteiger partial charge in [0.15, 0.2) is 0 Å². The third-order valence-electron chi connectivity index (χ3n) is 1.42. The quantitative estimate of drug-likeness (QED) is 0.689. The van der Waals surface area contributed by atoms with E-state index in [1.807, 2.05) is 0 Å². The molecule has 0 aliphatic rings. The minimum Gasteiger partial charge on any atom is -0.435 e. The Morgan fingerprint density at radius 1 is 1.21 bits per heavy atom. The standard InChI is InChI=1S/C7H6BF3O3/c9-5-1-4(8(12)13)2-6(3-5)14-7(10)11/h1-3,7,12-13H. The van der Waals surface area contributed by atoms with Gasteiger partial charge in [0, 0.05) is 6.07 Å². The van der Waals surface area contributed by atoms with Crippen LogP contribution in [0, 0.1) is 5.82 Å². The smallest absolute Gasteiger partial charge is 0.435 e. The SMILES string of the molecule is OB(O)c1cc(F)cc(OC(F)F)c1. The van der Waals surface area contributed by atoms with Crippen molar-refractivity contribution in [3.05, 3.63) is 24.0 Å². The Labute approximate surface area is 77.9 Å². The number of rotatable bonds is 3. The van der Waals surface area contributed by atoms with Crippen LogP contribution in [0.1, 0.15) is 0 Å². The highest BCUT2D eigenvalue weighted by Crippen LogP contribution is 2.13. The Morgan fingerprint density at radius 3 is 2.36 bits per heavy atom. The first-order valence-corrected chi connectivity index (χ1v) is 3.60. The normalized spacial score (nSPS) is 10.4. The van der Waals surface area contributed by atoms with Crippen molar-refractivity contribution < 1.29 is 28.0 Å². The summed E-state index contributed by atoms with van der Waals surface area (Å²) in [5.41, 5.74) is -0.249. The van der Waals surface area contributed by atoms with Gasteiger partial charge < -0.3 is 14.8 Å². The van der Waals surface area contributed by atoms with Crippen LogP contribution in [-0.4, -0.2) is 23.8 Å². The average molecular weight is 206 g/mol. The predicted molar refractivity (Wildman–Crippen MR) is 42.9 cm³/mol. The first-order valence-electron chi connectivity index (χ1n) is 3.60. The van der Waals surface area contributed by atoms with Crippen LogP contribution >= 0.6 is 0 Å². The summed E-state index contributed by atoms with van der Waals surface area (Å²) in [5.74, 6) is -1.34. The molecule has 0 aliphatic heterocycles. The minimum atomic E-state index is -3.08. The first kappa shape index (κ1) is 10.9. The molecule has 14 heavy (non-hydrogen) atoms. The molecule has 0 saturated heterocycles. The van der Waals surface area contributed by atoms with Crippen LogP contribution in [0.3, 0.4) is 0 Å². The number of benzene rings is 1. The van der Waals surface area contributed by atoms with Crippen molar-refractivity contribution in [3.8, 4) is 5.75 Å². The van der Waals surface area contributed by atoms with Gasteiger partial charge in [-0.1, -0.05) is 0 Å². The summed E-state index contributed by atoms with van der Waals surface area (Å²) < 4.78 is 40.0. The molecule has 0 aliphatic carbocycles. The van der Waals surface area contributed by atoms with E-state index in [1.54, 1.807) is 0 Å². The Hall–Kier alpha value is -1.21. The second-order valence-corrected chi connectivity index (χ2v) is 2.47. The van der Waals surface area contributed by atoms with Crippen molar-refractivity contribution >= 4 is 12.6 Å². The fourth-order valence-electron chi connectivity index (χ4n) is 0.904. The Kier molecular flexibility index (Phi) is 3.37. The van der Waals surface area contributed by atoms with Gasteiger partial charge in [-0.25, -0.2) is 4.39 Å². The van der Waals surface area contributed by atoms with Gasteiger partial charge in [-0.15, -0.1) is 0 Å². The van der Waals surface area contributed by atoms with Crippen LogP contribution in [-0.2, 0) is 0 Å². The third kappa shape index (κ3) is 2.93. The van der Waals surface area contributed by atoms with Gasteiger partial charge in [0.1, 0.15) is 11.6 Å². The molecule has 0 bridgehead atoms. The zero-order chi connectivity index (χ0) is 10.7. The van der Waals surface area contributed by atoms with Gasteiger partial charge in [0.25, 0.3) is 0 Å². The van der Waals surface area contributed by atoms with Gasteiger partial charge >= 0.3 is 13.7 Å². The summed E-state index contributed by atoms with van der Waals surface area (Å²) >= 11 is 0. The second-order valence-electron chi connectivity index (χ2n) is 2.47. The molecule has 1 rings (SSSR count). The topological polar surface area (TPSA) is 49.7 Å². The van der Waals surface area contributed by atoms with E-state index in [0.717, 1.165) is 18.2 Å². The van der Waals surface area contributed by atoms with E-state index >= 15 is 0 Å². The van der Waals surface area contributed by atoms with Crippen LogP contribution in [0.2, 0.25) is 0 Å². The molecule has 0 radical (unpaired) electrons. The Bertz CT molecular complexity index is 319. The van der Waals surface area contributed by atoms with Crippen molar-refractivity contribution in [2.75, 3.05) is 0 Å². The van der Waals surface area contributed by atoms with Gasteiger partial charge in [0.2, 0.25) is 0 Å². The van der Waals surface area contributed by atoms with E-state index in [9.17, 15) is 13.2 Å². The lowest BCUT2D eigenvalue weighted by Gasteiger charge is -2.06. The molecule has 0 fully saturated rings. The van der Waals surface area contributed by atoms with Gasteiger partial charge in [-0.05, 0) is 17.6 Å². The molecule has 1 aromatic rings. The summed E-state index contributed by atoms with van der Waals surface area (Å²) in [4.78, 5) is 0. The fraction of sp³-hybridized carbons (Fsp3) is 0.143. The number of halogens is 3. The number of alkyl halides is 2. The van der Waals surface area contributed by atoms with Crippen LogP contribution in [0.5, 0.6) is 5.75 Å². The van der Waals surface area contributed by atoms with Crippen molar-refractivity contribution in [1.29, 1.82) is 0 Å². The van der Waals surface area contributed by atoms with E-state index < -0.39 is 25.3 Å². The molecule has 0 spiro atoms. The van der Waals surface area contributed by atoms with Crippen molar-refractivity contribution in [1.82, 2.24) is 0 Å². The van der Waals surface area contributed by atoms with Gasteiger partial charge in [0.05, 0.1) is 0 Å². The van der Waals surface area contributed by atoms with Crippen LogP contribution in [0.4, 0.5) is 13.2 Å². The van der Waals surface area contributed by atoms with E-state index in [0.29, 0.717) is 0 Å². The molecule has 1 aromatic carbocycles. The lowest BCUT2D eigenvalue weighted by molar-refractivity contribution is -0.0499. The molecule has 2 N–H and O–H groups in total. The highest BCUT2D eigenvalue weighted by Gasteiger charge is 2.15. The third-order valence-corrected chi connectivity index (χ3v) is 1.42. The first-order chi connectivity index (χ1) is 6.49. The highest BCUT2D eigenvalue weighted by molar-refractivity contribution is 6.58. The largest absolute Gasteiger partial charge is 0.488 e. The van der Waals surface area contributed by atoms with Crippen LogP contribution in [0.25, 0.3) is 0 Å². The number of ether oxygens (including phenoxy) is 1. The minimum absolute atomic E-state index is 0.249. The maximum Gasteiger partial charge on any atom is 0.488 e. The molecule has 0 heterocycles. The van der Waals surface area contributed by atoms with Crippen LogP contribution in [0.15, 0.2) is 18.2 Å². The summed E-state index contributed by atoms with van der Waals surface area (Å²) in [5, 5.41) is 17.3. The maximum atomic E-state index is 12.7. The van der Waals surface area contributed by atoms with Gasteiger partial charge in [-0.2, -0.15) is 8.78 Å². The summed E-state index contributed by atoms with van der Waals surface area (Å²) in [7, 11) is -1.93. The number of hydrogen-bond donors (Lipinski definition) is 2.